The number of carbonyl (C=O) groups excluding carboxylic acids is 2. The Bertz CT molecular complexity index is 721. The summed E-state index contributed by atoms with van der Waals surface area (Å²) in [6.45, 7) is 3.87. The second-order valence-corrected chi connectivity index (χ2v) is 7.39. The number of nitrogens with one attached hydrogen (secondary N) is 1. The number of carbonyl (C=O) groups is 2. The third-order valence-electron chi connectivity index (χ3n) is 4.52. The summed E-state index contributed by atoms with van der Waals surface area (Å²) in [4.78, 5) is 31.0. The monoisotopic (exact) mass is 357 g/mol. The van der Waals surface area contributed by atoms with E-state index in [-0.39, 0.29) is 17.7 Å². The van der Waals surface area contributed by atoms with Crippen LogP contribution in [0, 0.1) is 12.8 Å². The molecule has 0 bridgehead atoms. The Morgan fingerprint density at radius 1 is 1.24 bits per heavy atom. The lowest BCUT2D eigenvalue weighted by molar-refractivity contribution is -0.126. The Morgan fingerprint density at radius 3 is 2.60 bits per heavy atom. The van der Waals surface area contributed by atoms with Gasteiger partial charge in [-0.05, 0) is 31.9 Å². The van der Waals surface area contributed by atoms with Crippen molar-refractivity contribution in [2.24, 2.45) is 5.92 Å². The normalized spacial score (nSPS) is 15.2. The Kier molecular flexibility index (Phi) is 5.81. The maximum atomic E-state index is 12.4. The van der Waals surface area contributed by atoms with Gasteiger partial charge in [0.2, 0.25) is 5.91 Å². The van der Waals surface area contributed by atoms with Crippen molar-refractivity contribution in [3.8, 4) is 0 Å². The summed E-state index contributed by atoms with van der Waals surface area (Å²) in [5, 5.41) is 6.10. The van der Waals surface area contributed by atoms with E-state index >= 15 is 0 Å². The third kappa shape index (κ3) is 4.66. The van der Waals surface area contributed by atoms with Gasteiger partial charge in [0.05, 0.1) is 10.7 Å². The number of benzene rings is 1. The van der Waals surface area contributed by atoms with E-state index < -0.39 is 0 Å². The van der Waals surface area contributed by atoms with Gasteiger partial charge in [0.25, 0.3) is 5.91 Å². The highest BCUT2D eigenvalue weighted by Gasteiger charge is 2.27. The molecular weight excluding hydrogens is 334 g/mol. The molecule has 0 unspecified atom stereocenters. The highest BCUT2D eigenvalue weighted by molar-refractivity contribution is 7.09. The van der Waals surface area contributed by atoms with Crippen molar-refractivity contribution in [3.05, 3.63) is 52.0 Å². The second-order valence-electron chi connectivity index (χ2n) is 6.33. The molecule has 132 valence electrons. The van der Waals surface area contributed by atoms with E-state index in [1.54, 1.807) is 11.3 Å². The summed E-state index contributed by atoms with van der Waals surface area (Å²) in [7, 11) is 0. The van der Waals surface area contributed by atoms with Gasteiger partial charge < -0.3 is 10.2 Å². The number of amides is 2. The highest BCUT2D eigenvalue weighted by Crippen LogP contribution is 2.19. The van der Waals surface area contributed by atoms with E-state index in [1.165, 1.54) is 0 Å². The summed E-state index contributed by atoms with van der Waals surface area (Å²) in [6.07, 6.45) is 2.21. The van der Waals surface area contributed by atoms with E-state index in [9.17, 15) is 9.59 Å². The number of aromatic nitrogens is 1. The molecule has 6 heteroatoms. The lowest BCUT2D eigenvalue weighted by Gasteiger charge is -2.31. The first-order valence-electron chi connectivity index (χ1n) is 8.66. The largest absolute Gasteiger partial charge is 0.355 e. The maximum Gasteiger partial charge on any atom is 0.253 e. The minimum atomic E-state index is -0.00278. The molecule has 2 amide bonds. The molecule has 5 nitrogen and oxygen atoms in total. The van der Waals surface area contributed by atoms with Crippen LogP contribution < -0.4 is 5.32 Å². The Hall–Kier alpha value is -2.21. The van der Waals surface area contributed by atoms with Crippen molar-refractivity contribution in [3.63, 3.8) is 0 Å². The van der Waals surface area contributed by atoms with E-state index in [0.29, 0.717) is 25.2 Å². The van der Waals surface area contributed by atoms with Crippen molar-refractivity contribution in [2.75, 3.05) is 19.6 Å². The lowest BCUT2D eigenvalue weighted by atomic mass is 9.95. The zero-order chi connectivity index (χ0) is 17.6. The topological polar surface area (TPSA) is 62.3 Å². The van der Waals surface area contributed by atoms with Crippen LogP contribution >= 0.6 is 11.3 Å². The van der Waals surface area contributed by atoms with Gasteiger partial charge in [-0.15, -0.1) is 11.3 Å². The Morgan fingerprint density at radius 2 is 1.96 bits per heavy atom. The first-order chi connectivity index (χ1) is 12.1. The molecule has 0 aliphatic carbocycles. The molecule has 0 saturated carbocycles. The molecule has 1 fully saturated rings. The second kappa shape index (κ2) is 8.25. The van der Waals surface area contributed by atoms with Gasteiger partial charge in [-0.2, -0.15) is 0 Å². The van der Waals surface area contributed by atoms with Gasteiger partial charge in [0, 0.05) is 42.9 Å². The zero-order valence-corrected chi connectivity index (χ0v) is 15.2. The average Bonchev–Trinajstić information content (AvgIpc) is 3.07. The number of thiazole rings is 1. The van der Waals surface area contributed by atoms with Crippen LogP contribution in [0.4, 0.5) is 0 Å². The van der Waals surface area contributed by atoms with Gasteiger partial charge in [-0.3, -0.25) is 9.59 Å². The van der Waals surface area contributed by atoms with Gasteiger partial charge in [-0.25, -0.2) is 4.98 Å². The molecule has 0 radical (unpaired) electrons. The standard InChI is InChI=1S/C19H23N3O2S/c1-14-21-17(13-25-14)7-10-20-18(23)15-8-11-22(12-9-15)19(24)16-5-3-2-4-6-16/h2-6,13,15H,7-12H2,1H3,(H,20,23). The molecule has 0 atom stereocenters. The van der Waals surface area contributed by atoms with Crippen molar-refractivity contribution in [1.82, 2.24) is 15.2 Å². The van der Waals surface area contributed by atoms with Gasteiger partial charge in [0.15, 0.2) is 0 Å². The Balaban J connectivity index is 1.42. The minimum absolute atomic E-state index is 0.00278. The number of likely N-dealkylation sites (tertiary alicyclic amines) is 1. The molecule has 2 heterocycles. The van der Waals surface area contributed by atoms with Crippen molar-refractivity contribution in [2.45, 2.75) is 26.2 Å². The van der Waals surface area contributed by atoms with Gasteiger partial charge >= 0.3 is 0 Å². The first kappa shape index (κ1) is 17.6. The number of piperidine rings is 1. The van der Waals surface area contributed by atoms with E-state index in [4.69, 9.17) is 0 Å². The summed E-state index contributed by atoms with van der Waals surface area (Å²) in [6, 6.07) is 9.32. The summed E-state index contributed by atoms with van der Waals surface area (Å²) in [5.74, 6) is 0.147. The van der Waals surface area contributed by atoms with Crippen LogP contribution in [0.15, 0.2) is 35.7 Å². The number of hydrogen-bond donors (Lipinski definition) is 1. The molecular formula is C19H23N3O2S. The zero-order valence-electron chi connectivity index (χ0n) is 14.4. The summed E-state index contributed by atoms with van der Waals surface area (Å²) in [5.41, 5.74) is 1.75. The summed E-state index contributed by atoms with van der Waals surface area (Å²) >= 11 is 1.63. The van der Waals surface area contributed by atoms with Crippen LogP contribution in [-0.4, -0.2) is 41.3 Å². The fraction of sp³-hybridized carbons (Fsp3) is 0.421. The highest BCUT2D eigenvalue weighted by atomic mass is 32.1. The van der Waals surface area contributed by atoms with E-state index in [2.05, 4.69) is 10.3 Å². The van der Waals surface area contributed by atoms with Gasteiger partial charge in [-0.1, -0.05) is 18.2 Å². The average molecular weight is 357 g/mol. The van der Waals surface area contributed by atoms with Crippen molar-refractivity contribution in [1.29, 1.82) is 0 Å². The van der Waals surface area contributed by atoms with Crippen LogP contribution in [0.3, 0.4) is 0 Å². The minimum Gasteiger partial charge on any atom is -0.355 e. The lowest BCUT2D eigenvalue weighted by Crippen LogP contribution is -2.43. The van der Waals surface area contributed by atoms with Crippen LogP contribution in [0.5, 0.6) is 0 Å². The fourth-order valence-electron chi connectivity index (χ4n) is 3.09. The SMILES string of the molecule is Cc1nc(CCNC(=O)C2CCN(C(=O)c3ccccc3)CC2)cs1. The molecule has 1 saturated heterocycles. The van der Waals surface area contributed by atoms with E-state index in [1.807, 2.05) is 47.5 Å². The number of aryl methyl sites for hydroxylation is 1. The molecule has 1 aliphatic heterocycles. The molecule has 1 aromatic heterocycles. The van der Waals surface area contributed by atoms with Gasteiger partial charge in [0.1, 0.15) is 0 Å². The molecule has 1 aliphatic rings. The molecule has 1 aromatic carbocycles. The fourth-order valence-corrected chi connectivity index (χ4v) is 3.74. The predicted octanol–water partition coefficient (Wildman–Crippen LogP) is 2.66. The Labute approximate surface area is 152 Å². The van der Waals surface area contributed by atoms with Crippen LogP contribution in [0.25, 0.3) is 0 Å². The quantitative estimate of drug-likeness (QED) is 0.895. The van der Waals surface area contributed by atoms with Crippen LogP contribution in [0.2, 0.25) is 0 Å². The molecule has 25 heavy (non-hydrogen) atoms. The van der Waals surface area contributed by atoms with Crippen LogP contribution in [0.1, 0.15) is 33.9 Å². The molecule has 3 rings (SSSR count). The van der Waals surface area contributed by atoms with Crippen molar-refractivity contribution < 1.29 is 9.59 Å². The van der Waals surface area contributed by atoms with Crippen LogP contribution in [-0.2, 0) is 11.2 Å². The third-order valence-corrected chi connectivity index (χ3v) is 5.34. The van der Waals surface area contributed by atoms with Crippen molar-refractivity contribution >= 4 is 23.2 Å². The molecule has 0 spiro atoms. The number of rotatable bonds is 5. The number of nitrogens with zero attached hydrogens (tertiary/aromatic N) is 2. The smallest absolute Gasteiger partial charge is 0.253 e. The predicted molar refractivity (Wildman–Crippen MR) is 98.6 cm³/mol. The number of hydrogen-bond acceptors (Lipinski definition) is 4. The van der Waals surface area contributed by atoms with E-state index in [0.717, 1.165) is 30.0 Å². The maximum absolute atomic E-state index is 12.4. The molecule has 2 aromatic rings. The molecule has 1 N–H and O–H groups in total. The summed E-state index contributed by atoms with van der Waals surface area (Å²) < 4.78 is 0. The first-order valence-corrected chi connectivity index (χ1v) is 9.54.